The minimum atomic E-state index is -0.00789. The Labute approximate surface area is 136 Å². The van der Waals surface area contributed by atoms with Crippen molar-refractivity contribution in [3.63, 3.8) is 0 Å². The molecule has 1 N–H and O–H groups in total. The first-order chi connectivity index (χ1) is 10.6. The first-order valence-electron chi connectivity index (χ1n) is 7.94. The van der Waals surface area contributed by atoms with Crippen LogP contribution in [0.25, 0.3) is 0 Å². The molecule has 22 heavy (non-hydrogen) atoms. The fourth-order valence-corrected chi connectivity index (χ4v) is 3.40. The summed E-state index contributed by atoms with van der Waals surface area (Å²) in [5.41, 5.74) is 1.40. The van der Waals surface area contributed by atoms with E-state index in [0.29, 0.717) is 23.8 Å². The summed E-state index contributed by atoms with van der Waals surface area (Å²) in [6.45, 7) is 7.83. The van der Waals surface area contributed by atoms with Gasteiger partial charge in [-0.15, -0.1) is 11.8 Å². The highest BCUT2D eigenvalue weighted by Gasteiger charge is 2.21. The maximum Gasteiger partial charge on any atom is 0.253 e. The van der Waals surface area contributed by atoms with E-state index in [1.807, 2.05) is 24.0 Å². The van der Waals surface area contributed by atoms with Gasteiger partial charge in [0.2, 0.25) is 5.91 Å². The van der Waals surface area contributed by atoms with E-state index >= 15 is 0 Å². The first kappa shape index (κ1) is 16.9. The quantitative estimate of drug-likeness (QED) is 0.871. The maximum absolute atomic E-state index is 12.7. The number of nitrogens with zero attached hydrogens (tertiary/aromatic N) is 1. The molecule has 0 radical (unpaired) electrons. The molecular formula is C17H24N2O2S. The fraction of sp³-hybridized carbons (Fsp3) is 0.529. The predicted molar refractivity (Wildman–Crippen MR) is 91.4 cm³/mol. The summed E-state index contributed by atoms with van der Waals surface area (Å²) in [5, 5.41) is 2.84. The standard InChI is InChI=1S/C17H24N2O2S/c1-4-12(5-2)10-19(6-3)17(21)13-7-8-15-14(9-13)18-16(20)11-22-15/h7-9,12H,4-6,10-11H2,1-3H3,(H,18,20). The Morgan fingerprint density at radius 3 is 2.68 bits per heavy atom. The molecule has 0 atom stereocenters. The normalized spacial score (nSPS) is 13.7. The van der Waals surface area contributed by atoms with Gasteiger partial charge < -0.3 is 10.2 Å². The van der Waals surface area contributed by atoms with E-state index in [4.69, 9.17) is 0 Å². The van der Waals surface area contributed by atoms with Crippen LogP contribution in [0.3, 0.4) is 0 Å². The molecule has 1 aromatic rings. The molecule has 1 heterocycles. The molecular weight excluding hydrogens is 296 g/mol. The van der Waals surface area contributed by atoms with Gasteiger partial charge in [0.05, 0.1) is 11.4 Å². The number of carbonyl (C=O) groups excluding carboxylic acids is 2. The van der Waals surface area contributed by atoms with Gasteiger partial charge in [0.25, 0.3) is 5.91 Å². The monoisotopic (exact) mass is 320 g/mol. The van der Waals surface area contributed by atoms with Crippen molar-refractivity contribution >= 4 is 29.3 Å². The molecule has 2 rings (SSSR count). The number of amides is 2. The zero-order valence-corrected chi connectivity index (χ0v) is 14.3. The van der Waals surface area contributed by atoms with Gasteiger partial charge in [0.15, 0.2) is 0 Å². The number of benzene rings is 1. The van der Waals surface area contributed by atoms with Gasteiger partial charge in [0, 0.05) is 23.5 Å². The van der Waals surface area contributed by atoms with E-state index in [0.717, 1.165) is 30.0 Å². The molecule has 0 aliphatic carbocycles. The number of thioether (sulfide) groups is 1. The summed E-state index contributed by atoms with van der Waals surface area (Å²) in [6.07, 6.45) is 2.16. The molecule has 0 spiro atoms. The van der Waals surface area contributed by atoms with Gasteiger partial charge in [-0.1, -0.05) is 26.7 Å². The minimum absolute atomic E-state index is 0.00789. The Kier molecular flexibility index (Phi) is 5.89. The van der Waals surface area contributed by atoms with Crippen LogP contribution in [0.4, 0.5) is 5.69 Å². The molecule has 0 saturated heterocycles. The van der Waals surface area contributed by atoms with Gasteiger partial charge in [0.1, 0.15) is 0 Å². The van der Waals surface area contributed by atoms with E-state index in [2.05, 4.69) is 19.2 Å². The molecule has 0 aromatic heterocycles. The zero-order valence-electron chi connectivity index (χ0n) is 13.5. The Balaban J connectivity index is 2.17. The summed E-state index contributed by atoms with van der Waals surface area (Å²) < 4.78 is 0. The van der Waals surface area contributed by atoms with Crippen molar-refractivity contribution < 1.29 is 9.59 Å². The molecule has 0 saturated carbocycles. The van der Waals surface area contributed by atoms with Gasteiger partial charge in [-0.2, -0.15) is 0 Å². The number of fused-ring (bicyclic) bond motifs is 1. The second-order valence-corrected chi connectivity index (χ2v) is 6.59. The Morgan fingerprint density at radius 1 is 1.32 bits per heavy atom. The molecule has 5 heteroatoms. The second kappa shape index (κ2) is 7.68. The molecule has 120 valence electrons. The summed E-state index contributed by atoms with van der Waals surface area (Å²) >= 11 is 1.51. The van der Waals surface area contributed by atoms with Crippen LogP contribution >= 0.6 is 11.8 Å². The van der Waals surface area contributed by atoms with Gasteiger partial charge in [-0.3, -0.25) is 9.59 Å². The van der Waals surface area contributed by atoms with Crippen LogP contribution < -0.4 is 5.32 Å². The van der Waals surface area contributed by atoms with Crippen LogP contribution in [0.2, 0.25) is 0 Å². The molecule has 1 aliphatic rings. The summed E-state index contributed by atoms with van der Waals surface area (Å²) in [6, 6.07) is 5.59. The third-order valence-electron chi connectivity index (χ3n) is 4.16. The van der Waals surface area contributed by atoms with Crippen molar-refractivity contribution in [3.8, 4) is 0 Å². The summed E-state index contributed by atoms with van der Waals surface area (Å²) in [4.78, 5) is 27.1. The van der Waals surface area contributed by atoms with Crippen LogP contribution in [-0.2, 0) is 4.79 Å². The molecule has 0 fully saturated rings. The molecule has 0 bridgehead atoms. The average molecular weight is 320 g/mol. The van der Waals surface area contributed by atoms with E-state index in [9.17, 15) is 9.59 Å². The van der Waals surface area contributed by atoms with Crippen molar-refractivity contribution in [1.29, 1.82) is 0 Å². The zero-order chi connectivity index (χ0) is 16.1. The van der Waals surface area contributed by atoms with Crippen molar-refractivity contribution in [2.75, 3.05) is 24.2 Å². The van der Waals surface area contributed by atoms with E-state index in [1.54, 1.807) is 6.07 Å². The number of rotatable bonds is 6. The Bertz CT molecular complexity index is 556. The first-order valence-corrected chi connectivity index (χ1v) is 8.93. The maximum atomic E-state index is 12.7. The number of nitrogens with one attached hydrogen (secondary N) is 1. The van der Waals surface area contributed by atoms with Crippen LogP contribution in [0, 0.1) is 5.92 Å². The third-order valence-corrected chi connectivity index (χ3v) is 5.24. The van der Waals surface area contributed by atoms with Gasteiger partial charge in [-0.25, -0.2) is 0 Å². The van der Waals surface area contributed by atoms with Crippen molar-refractivity contribution in [2.45, 2.75) is 38.5 Å². The van der Waals surface area contributed by atoms with Gasteiger partial charge in [-0.05, 0) is 31.0 Å². The Morgan fingerprint density at radius 2 is 2.05 bits per heavy atom. The number of hydrogen-bond donors (Lipinski definition) is 1. The highest BCUT2D eigenvalue weighted by Crippen LogP contribution is 2.32. The SMILES string of the molecule is CCC(CC)CN(CC)C(=O)c1ccc2c(c1)NC(=O)CS2. The van der Waals surface area contributed by atoms with Crippen molar-refractivity contribution in [3.05, 3.63) is 23.8 Å². The van der Waals surface area contributed by atoms with Crippen LogP contribution in [0.15, 0.2) is 23.1 Å². The second-order valence-electron chi connectivity index (χ2n) is 5.57. The van der Waals surface area contributed by atoms with Crippen molar-refractivity contribution in [2.24, 2.45) is 5.92 Å². The molecule has 1 aliphatic heterocycles. The number of anilines is 1. The molecule has 0 unspecified atom stereocenters. The predicted octanol–water partition coefficient (Wildman–Crippen LogP) is 3.63. The summed E-state index contributed by atoms with van der Waals surface area (Å²) in [5.74, 6) is 1.01. The Hall–Kier alpha value is -1.49. The summed E-state index contributed by atoms with van der Waals surface area (Å²) in [7, 11) is 0. The third kappa shape index (κ3) is 3.83. The lowest BCUT2D eigenvalue weighted by molar-refractivity contribution is -0.113. The van der Waals surface area contributed by atoms with Crippen LogP contribution in [0.5, 0.6) is 0 Å². The minimum Gasteiger partial charge on any atom is -0.339 e. The lowest BCUT2D eigenvalue weighted by atomic mass is 10.0. The lowest BCUT2D eigenvalue weighted by Crippen LogP contribution is -2.35. The van der Waals surface area contributed by atoms with E-state index < -0.39 is 0 Å². The van der Waals surface area contributed by atoms with E-state index in [1.165, 1.54) is 11.8 Å². The average Bonchev–Trinajstić information content (AvgIpc) is 2.54. The molecule has 2 amide bonds. The molecule has 4 nitrogen and oxygen atoms in total. The number of hydrogen-bond acceptors (Lipinski definition) is 3. The lowest BCUT2D eigenvalue weighted by Gasteiger charge is -2.26. The highest BCUT2D eigenvalue weighted by molar-refractivity contribution is 8.00. The van der Waals surface area contributed by atoms with Crippen LogP contribution in [-0.4, -0.2) is 35.6 Å². The van der Waals surface area contributed by atoms with Crippen molar-refractivity contribution in [1.82, 2.24) is 4.90 Å². The number of carbonyl (C=O) groups is 2. The largest absolute Gasteiger partial charge is 0.339 e. The van der Waals surface area contributed by atoms with Crippen LogP contribution in [0.1, 0.15) is 44.0 Å². The topological polar surface area (TPSA) is 49.4 Å². The fourth-order valence-electron chi connectivity index (χ4n) is 2.61. The smallest absolute Gasteiger partial charge is 0.253 e. The molecule has 1 aromatic carbocycles. The van der Waals surface area contributed by atoms with Gasteiger partial charge >= 0.3 is 0 Å². The highest BCUT2D eigenvalue weighted by atomic mass is 32.2. The van der Waals surface area contributed by atoms with E-state index in [-0.39, 0.29) is 11.8 Å².